The smallest absolute Gasteiger partial charge is 0.0776 e. The highest BCUT2D eigenvalue weighted by Crippen LogP contribution is 2.13. The average molecular weight is 234 g/mol. The molecule has 0 aliphatic heterocycles. The molecule has 2 rings (SSSR count). The Morgan fingerprint density at radius 1 is 1.07 bits per heavy atom. The standard InChI is InChI=1S/C12H10OS2/c13-15(12-6-2-1-3-7-12)10-8-11-5-4-9-14-11/h1-10H/b10-8-. The Morgan fingerprint density at radius 3 is 2.53 bits per heavy atom. The zero-order valence-electron chi connectivity index (χ0n) is 8.00. The predicted molar refractivity (Wildman–Crippen MR) is 66.2 cm³/mol. The van der Waals surface area contributed by atoms with Gasteiger partial charge >= 0.3 is 0 Å². The van der Waals surface area contributed by atoms with E-state index in [0.29, 0.717) is 0 Å². The second kappa shape index (κ2) is 5.05. The molecule has 0 saturated carbocycles. The minimum Gasteiger partial charge on any atom is -0.250 e. The van der Waals surface area contributed by atoms with E-state index in [2.05, 4.69) is 0 Å². The zero-order valence-corrected chi connectivity index (χ0v) is 9.63. The fourth-order valence-electron chi connectivity index (χ4n) is 1.15. The summed E-state index contributed by atoms with van der Waals surface area (Å²) in [4.78, 5) is 1.96. The molecule has 76 valence electrons. The van der Waals surface area contributed by atoms with Crippen LogP contribution in [0.5, 0.6) is 0 Å². The Kier molecular flexibility index (Phi) is 3.48. The number of thiophene rings is 1. The van der Waals surface area contributed by atoms with Gasteiger partial charge in [-0.3, -0.25) is 0 Å². The summed E-state index contributed by atoms with van der Waals surface area (Å²) < 4.78 is 11.8. The molecule has 1 aromatic heterocycles. The van der Waals surface area contributed by atoms with E-state index >= 15 is 0 Å². The van der Waals surface area contributed by atoms with E-state index in [-0.39, 0.29) is 0 Å². The Bertz CT molecular complexity index is 458. The summed E-state index contributed by atoms with van der Waals surface area (Å²) >= 11 is 1.64. The first kappa shape index (κ1) is 10.3. The summed E-state index contributed by atoms with van der Waals surface area (Å²) in [7, 11) is -1.04. The Balaban J connectivity index is 2.11. The molecule has 0 fully saturated rings. The van der Waals surface area contributed by atoms with Gasteiger partial charge in [-0.05, 0) is 29.7 Å². The molecular weight excluding hydrogens is 224 g/mol. The third-order valence-electron chi connectivity index (χ3n) is 1.87. The number of hydrogen-bond acceptors (Lipinski definition) is 2. The van der Waals surface area contributed by atoms with Crippen LogP contribution in [0, 0.1) is 0 Å². The summed E-state index contributed by atoms with van der Waals surface area (Å²) in [5.41, 5.74) is 0. The lowest BCUT2D eigenvalue weighted by molar-refractivity contribution is 0.688. The first-order valence-electron chi connectivity index (χ1n) is 4.53. The van der Waals surface area contributed by atoms with Crippen molar-refractivity contribution in [3.63, 3.8) is 0 Å². The molecule has 1 heterocycles. The summed E-state index contributed by atoms with van der Waals surface area (Å²) in [5, 5.41) is 3.73. The highest BCUT2D eigenvalue weighted by atomic mass is 32.2. The fourth-order valence-corrected chi connectivity index (χ4v) is 2.71. The lowest BCUT2D eigenvalue weighted by Gasteiger charge is -1.94. The zero-order chi connectivity index (χ0) is 10.5. The van der Waals surface area contributed by atoms with Gasteiger partial charge in [-0.1, -0.05) is 24.3 Å². The van der Waals surface area contributed by atoms with Crippen molar-refractivity contribution in [2.45, 2.75) is 4.90 Å². The molecule has 1 aromatic carbocycles. The maximum atomic E-state index is 11.8. The van der Waals surface area contributed by atoms with Crippen LogP contribution < -0.4 is 0 Å². The van der Waals surface area contributed by atoms with E-state index in [9.17, 15) is 4.21 Å². The monoisotopic (exact) mass is 234 g/mol. The van der Waals surface area contributed by atoms with E-state index in [4.69, 9.17) is 0 Å². The molecule has 1 atom stereocenters. The van der Waals surface area contributed by atoms with Gasteiger partial charge in [-0.2, -0.15) is 0 Å². The third-order valence-corrected chi connectivity index (χ3v) is 3.83. The lowest BCUT2D eigenvalue weighted by Crippen LogP contribution is -1.84. The molecule has 0 amide bonds. The molecule has 0 N–H and O–H groups in total. The summed E-state index contributed by atoms with van der Waals surface area (Å²) in [6.07, 6.45) is 1.90. The second-order valence-corrected chi connectivity index (χ2v) is 5.25. The Morgan fingerprint density at radius 2 is 1.87 bits per heavy atom. The van der Waals surface area contributed by atoms with Crippen molar-refractivity contribution < 1.29 is 4.21 Å². The summed E-state index contributed by atoms with van der Waals surface area (Å²) in [5.74, 6) is 0. The van der Waals surface area contributed by atoms with Crippen molar-refractivity contribution in [1.29, 1.82) is 0 Å². The fraction of sp³-hybridized carbons (Fsp3) is 0. The molecule has 1 unspecified atom stereocenters. The third kappa shape index (κ3) is 2.88. The Labute approximate surface area is 95.5 Å². The van der Waals surface area contributed by atoms with Crippen molar-refractivity contribution in [3.05, 3.63) is 58.1 Å². The van der Waals surface area contributed by atoms with Gasteiger partial charge in [0.05, 0.1) is 10.8 Å². The van der Waals surface area contributed by atoms with E-state index in [1.807, 2.05) is 53.9 Å². The highest BCUT2D eigenvalue weighted by molar-refractivity contribution is 7.88. The highest BCUT2D eigenvalue weighted by Gasteiger charge is 1.97. The van der Waals surface area contributed by atoms with Crippen LogP contribution in [-0.2, 0) is 10.8 Å². The van der Waals surface area contributed by atoms with Crippen LogP contribution in [0.2, 0.25) is 0 Å². The first-order valence-corrected chi connectivity index (χ1v) is 6.63. The molecule has 0 aliphatic rings. The van der Waals surface area contributed by atoms with Crippen LogP contribution in [0.15, 0.2) is 58.1 Å². The first-order chi connectivity index (χ1) is 7.36. The molecule has 0 radical (unpaired) electrons. The molecule has 15 heavy (non-hydrogen) atoms. The maximum Gasteiger partial charge on any atom is 0.0776 e. The van der Waals surface area contributed by atoms with Crippen LogP contribution in [0.4, 0.5) is 0 Å². The molecule has 0 aliphatic carbocycles. The SMILES string of the molecule is O=S(/C=C\c1cccs1)c1ccccc1. The molecule has 2 aromatic rings. The molecule has 3 heteroatoms. The number of rotatable bonds is 3. The van der Waals surface area contributed by atoms with E-state index in [1.54, 1.807) is 16.7 Å². The van der Waals surface area contributed by atoms with Crippen molar-refractivity contribution in [3.8, 4) is 0 Å². The van der Waals surface area contributed by atoms with Crippen LogP contribution in [0.1, 0.15) is 4.88 Å². The normalized spacial score (nSPS) is 13.1. The lowest BCUT2D eigenvalue weighted by atomic mass is 10.4. The van der Waals surface area contributed by atoms with Gasteiger partial charge in [0.25, 0.3) is 0 Å². The predicted octanol–water partition coefficient (Wildman–Crippen LogP) is 3.53. The molecule has 0 spiro atoms. The second-order valence-electron chi connectivity index (χ2n) is 2.93. The summed E-state index contributed by atoms with van der Waals surface area (Å²) in [6.45, 7) is 0. The van der Waals surface area contributed by atoms with Crippen LogP contribution >= 0.6 is 11.3 Å². The van der Waals surface area contributed by atoms with Gasteiger partial charge in [-0.15, -0.1) is 11.3 Å². The quantitative estimate of drug-likeness (QED) is 0.794. The van der Waals surface area contributed by atoms with E-state index in [1.165, 1.54) is 0 Å². The number of benzene rings is 1. The topological polar surface area (TPSA) is 17.1 Å². The minimum atomic E-state index is -1.04. The number of hydrogen-bond donors (Lipinski definition) is 0. The van der Waals surface area contributed by atoms with Crippen molar-refractivity contribution in [2.24, 2.45) is 0 Å². The largest absolute Gasteiger partial charge is 0.250 e. The van der Waals surface area contributed by atoms with Gasteiger partial charge in [0.1, 0.15) is 0 Å². The summed E-state index contributed by atoms with van der Waals surface area (Å²) in [6, 6.07) is 13.4. The van der Waals surface area contributed by atoms with Crippen LogP contribution in [0.25, 0.3) is 6.08 Å². The van der Waals surface area contributed by atoms with Crippen molar-refractivity contribution in [1.82, 2.24) is 0 Å². The van der Waals surface area contributed by atoms with E-state index < -0.39 is 10.8 Å². The van der Waals surface area contributed by atoms with Gasteiger partial charge in [0.2, 0.25) is 0 Å². The van der Waals surface area contributed by atoms with Gasteiger partial charge in [0, 0.05) is 15.2 Å². The van der Waals surface area contributed by atoms with Crippen LogP contribution in [-0.4, -0.2) is 4.21 Å². The minimum absolute atomic E-state index is 0.838. The van der Waals surface area contributed by atoms with Gasteiger partial charge in [-0.25, -0.2) is 4.21 Å². The van der Waals surface area contributed by atoms with Crippen molar-refractivity contribution >= 4 is 28.2 Å². The van der Waals surface area contributed by atoms with Gasteiger partial charge in [0.15, 0.2) is 0 Å². The van der Waals surface area contributed by atoms with Gasteiger partial charge < -0.3 is 0 Å². The molecular formula is C12H10OS2. The maximum absolute atomic E-state index is 11.8. The molecule has 1 nitrogen and oxygen atoms in total. The van der Waals surface area contributed by atoms with Crippen molar-refractivity contribution in [2.75, 3.05) is 0 Å². The Hall–Kier alpha value is -1.19. The van der Waals surface area contributed by atoms with Crippen LogP contribution in [0.3, 0.4) is 0 Å². The molecule has 0 bridgehead atoms. The molecule has 0 saturated heterocycles. The average Bonchev–Trinajstić information content (AvgIpc) is 2.80. The van der Waals surface area contributed by atoms with E-state index in [0.717, 1.165) is 9.77 Å².